The number of carbonyl (C=O) groups excluding carboxylic acids is 1. The van der Waals surface area contributed by atoms with Crippen molar-refractivity contribution in [2.45, 2.75) is 38.1 Å². The summed E-state index contributed by atoms with van der Waals surface area (Å²) >= 11 is 12.0. The van der Waals surface area contributed by atoms with Crippen LogP contribution >= 0.6 is 23.2 Å². The summed E-state index contributed by atoms with van der Waals surface area (Å²) in [4.78, 5) is 12.4. The first kappa shape index (κ1) is 14.6. The largest absolute Gasteiger partial charge is 0.323 e. The third-order valence-corrected chi connectivity index (χ3v) is 4.50. The van der Waals surface area contributed by atoms with Crippen LogP contribution in [0.1, 0.15) is 32.6 Å². The molecule has 3 N–H and O–H groups in total. The summed E-state index contributed by atoms with van der Waals surface area (Å²) < 4.78 is 0. The molecule has 0 aromatic heterocycles. The number of carbonyl (C=O) groups is 1. The number of anilines is 1. The molecule has 1 aromatic rings. The standard InChI is InChI=1S/C14H18Cl2N2O/c1-9-4-3-7-14(17,8-9)13(19)18-11-6-2-5-10(15)12(11)16/h2,5-6,9H,3-4,7-8,17H2,1H3,(H,18,19). The molecule has 0 aliphatic heterocycles. The molecule has 0 saturated heterocycles. The summed E-state index contributed by atoms with van der Waals surface area (Å²) in [6.45, 7) is 2.13. The number of halogens is 2. The Balaban J connectivity index is 2.14. The maximum atomic E-state index is 12.4. The average Bonchev–Trinajstić information content (AvgIpc) is 2.34. The number of rotatable bonds is 2. The zero-order valence-corrected chi connectivity index (χ0v) is 12.4. The lowest BCUT2D eigenvalue weighted by Gasteiger charge is -2.35. The average molecular weight is 301 g/mol. The molecule has 2 atom stereocenters. The maximum absolute atomic E-state index is 12.4. The van der Waals surface area contributed by atoms with Crippen molar-refractivity contribution < 1.29 is 4.79 Å². The van der Waals surface area contributed by atoms with Gasteiger partial charge in [-0.2, -0.15) is 0 Å². The fourth-order valence-corrected chi connectivity index (χ4v) is 2.99. The van der Waals surface area contributed by atoms with Gasteiger partial charge in [0.05, 0.1) is 21.3 Å². The first-order valence-corrected chi connectivity index (χ1v) is 7.22. The lowest BCUT2D eigenvalue weighted by Crippen LogP contribution is -2.53. The molecular weight excluding hydrogens is 283 g/mol. The fourth-order valence-electron chi connectivity index (χ4n) is 2.65. The van der Waals surface area contributed by atoms with E-state index in [1.807, 2.05) is 0 Å². The Morgan fingerprint density at radius 1 is 1.47 bits per heavy atom. The van der Waals surface area contributed by atoms with Gasteiger partial charge in [0.2, 0.25) is 5.91 Å². The monoisotopic (exact) mass is 300 g/mol. The molecule has 1 amide bonds. The van der Waals surface area contributed by atoms with Gasteiger partial charge in [-0.05, 0) is 30.9 Å². The first-order valence-electron chi connectivity index (χ1n) is 6.47. The Kier molecular flexibility index (Phi) is 4.39. The molecule has 0 bridgehead atoms. The minimum absolute atomic E-state index is 0.178. The van der Waals surface area contributed by atoms with Crippen LogP contribution in [0, 0.1) is 5.92 Å². The van der Waals surface area contributed by atoms with Gasteiger partial charge in [-0.25, -0.2) is 0 Å². The Hall–Kier alpha value is -0.770. The van der Waals surface area contributed by atoms with Crippen molar-refractivity contribution in [3.05, 3.63) is 28.2 Å². The van der Waals surface area contributed by atoms with E-state index in [0.29, 0.717) is 34.5 Å². The molecular formula is C14H18Cl2N2O. The van der Waals surface area contributed by atoms with Gasteiger partial charge in [0, 0.05) is 0 Å². The Labute approximate surface area is 123 Å². The smallest absolute Gasteiger partial charge is 0.244 e. The molecule has 0 heterocycles. The summed E-state index contributed by atoms with van der Waals surface area (Å²) in [5.74, 6) is 0.294. The van der Waals surface area contributed by atoms with Crippen LogP contribution in [0.25, 0.3) is 0 Å². The van der Waals surface area contributed by atoms with Gasteiger partial charge in [0.25, 0.3) is 0 Å². The van der Waals surface area contributed by atoms with E-state index in [1.54, 1.807) is 18.2 Å². The van der Waals surface area contributed by atoms with Crippen molar-refractivity contribution in [2.24, 2.45) is 11.7 Å². The van der Waals surface area contributed by atoms with Gasteiger partial charge < -0.3 is 11.1 Å². The summed E-state index contributed by atoms with van der Waals surface area (Å²) in [6.07, 6.45) is 3.52. The van der Waals surface area contributed by atoms with Crippen molar-refractivity contribution in [3.8, 4) is 0 Å². The molecule has 0 spiro atoms. The number of hydrogen-bond acceptors (Lipinski definition) is 2. The highest BCUT2D eigenvalue weighted by atomic mass is 35.5. The van der Waals surface area contributed by atoms with Crippen LogP contribution < -0.4 is 11.1 Å². The summed E-state index contributed by atoms with van der Waals surface area (Å²) in [6, 6.07) is 5.15. The second-order valence-corrected chi connectivity index (χ2v) is 6.20. The van der Waals surface area contributed by atoms with E-state index >= 15 is 0 Å². The van der Waals surface area contributed by atoms with Crippen molar-refractivity contribution >= 4 is 34.8 Å². The van der Waals surface area contributed by atoms with E-state index in [-0.39, 0.29) is 5.91 Å². The minimum atomic E-state index is -0.802. The predicted molar refractivity (Wildman–Crippen MR) is 79.6 cm³/mol. The van der Waals surface area contributed by atoms with E-state index in [4.69, 9.17) is 28.9 Å². The quantitative estimate of drug-likeness (QED) is 0.872. The van der Waals surface area contributed by atoms with Crippen LogP contribution in [-0.2, 0) is 4.79 Å². The number of hydrogen-bond donors (Lipinski definition) is 2. The lowest BCUT2D eigenvalue weighted by atomic mass is 9.76. The highest BCUT2D eigenvalue weighted by Gasteiger charge is 2.38. The van der Waals surface area contributed by atoms with Crippen LogP contribution in [0.5, 0.6) is 0 Å². The molecule has 2 rings (SSSR count). The van der Waals surface area contributed by atoms with E-state index < -0.39 is 5.54 Å². The minimum Gasteiger partial charge on any atom is -0.323 e. The third-order valence-electron chi connectivity index (χ3n) is 3.68. The zero-order valence-electron chi connectivity index (χ0n) is 10.9. The zero-order chi connectivity index (χ0) is 14.0. The molecule has 1 aromatic carbocycles. The normalized spacial score (nSPS) is 27.1. The van der Waals surface area contributed by atoms with E-state index in [9.17, 15) is 4.79 Å². The number of nitrogens with two attached hydrogens (primary N) is 1. The Morgan fingerprint density at radius 3 is 2.89 bits per heavy atom. The highest BCUT2D eigenvalue weighted by Crippen LogP contribution is 2.33. The SMILES string of the molecule is CC1CCCC(N)(C(=O)Nc2cccc(Cl)c2Cl)C1. The summed E-state index contributed by atoms with van der Waals surface area (Å²) in [5, 5.41) is 3.57. The fraction of sp³-hybridized carbons (Fsp3) is 0.500. The lowest BCUT2D eigenvalue weighted by molar-refractivity contribution is -0.122. The summed E-state index contributed by atoms with van der Waals surface area (Å²) in [5.41, 5.74) is 5.95. The van der Waals surface area contributed by atoms with Crippen molar-refractivity contribution in [1.29, 1.82) is 0 Å². The molecule has 1 aliphatic rings. The Bertz CT molecular complexity index is 492. The molecule has 19 heavy (non-hydrogen) atoms. The van der Waals surface area contributed by atoms with E-state index in [0.717, 1.165) is 12.8 Å². The number of nitrogens with one attached hydrogen (secondary N) is 1. The molecule has 1 fully saturated rings. The van der Waals surface area contributed by atoms with Crippen molar-refractivity contribution in [3.63, 3.8) is 0 Å². The van der Waals surface area contributed by atoms with Gasteiger partial charge in [0.15, 0.2) is 0 Å². The van der Waals surface area contributed by atoms with Gasteiger partial charge in [-0.1, -0.05) is 49.0 Å². The third kappa shape index (κ3) is 3.22. The van der Waals surface area contributed by atoms with Gasteiger partial charge in [-0.3, -0.25) is 4.79 Å². The second kappa shape index (κ2) is 5.70. The summed E-state index contributed by atoms with van der Waals surface area (Å²) in [7, 11) is 0. The molecule has 5 heteroatoms. The van der Waals surface area contributed by atoms with E-state index in [2.05, 4.69) is 12.2 Å². The first-order chi connectivity index (χ1) is 8.92. The van der Waals surface area contributed by atoms with Crippen LogP contribution in [0.15, 0.2) is 18.2 Å². The van der Waals surface area contributed by atoms with Crippen LogP contribution in [0.2, 0.25) is 10.0 Å². The second-order valence-electron chi connectivity index (χ2n) is 5.41. The van der Waals surface area contributed by atoms with Crippen molar-refractivity contribution in [2.75, 3.05) is 5.32 Å². The highest BCUT2D eigenvalue weighted by molar-refractivity contribution is 6.44. The van der Waals surface area contributed by atoms with E-state index in [1.165, 1.54) is 0 Å². The number of benzene rings is 1. The molecule has 1 aliphatic carbocycles. The number of amides is 1. The predicted octanol–water partition coefficient (Wildman–Crippen LogP) is 3.84. The van der Waals surface area contributed by atoms with Gasteiger partial charge in [0.1, 0.15) is 0 Å². The van der Waals surface area contributed by atoms with Crippen LogP contribution in [-0.4, -0.2) is 11.4 Å². The molecule has 3 nitrogen and oxygen atoms in total. The molecule has 1 saturated carbocycles. The maximum Gasteiger partial charge on any atom is 0.244 e. The Morgan fingerprint density at radius 2 is 2.21 bits per heavy atom. The van der Waals surface area contributed by atoms with Crippen molar-refractivity contribution in [1.82, 2.24) is 0 Å². The molecule has 2 unspecified atom stereocenters. The van der Waals surface area contributed by atoms with Crippen LogP contribution in [0.3, 0.4) is 0 Å². The topological polar surface area (TPSA) is 55.1 Å². The molecule has 104 valence electrons. The van der Waals surface area contributed by atoms with Gasteiger partial charge in [-0.15, -0.1) is 0 Å². The van der Waals surface area contributed by atoms with Gasteiger partial charge >= 0.3 is 0 Å². The molecule has 0 radical (unpaired) electrons. The van der Waals surface area contributed by atoms with Crippen LogP contribution in [0.4, 0.5) is 5.69 Å².